The lowest BCUT2D eigenvalue weighted by molar-refractivity contribution is -0.150. The summed E-state index contributed by atoms with van der Waals surface area (Å²) in [5.74, 6) is 0.736. The van der Waals surface area contributed by atoms with Crippen LogP contribution in [0, 0.1) is 17.8 Å². The van der Waals surface area contributed by atoms with Crippen LogP contribution >= 0.6 is 0 Å². The minimum Gasteiger partial charge on any atom is -0.380 e. The highest BCUT2D eigenvalue weighted by Gasteiger charge is 2.46. The van der Waals surface area contributed by atoms with Crippen molar-refractivity contribution in [2.45, 2.75) is 94.7 Å². The summed E-state index contributed by atoms with van der Waals surface area (Å²) >= 11 is 0. The summed E-state index contributed by atoms with van der Waals surface area (Å²) in [5.41, 5.74) is 0. The van der Waals surface area contributed by atoms with Gasteiger partial charge in [0.25, 0.3) is 0 Å². The molecule has 5 rings (SSSR count). The zero-order valence-electron chi connectivity index (χ0n) is 20.2. The van der Waals surface area contributed by atoms with E-state index in [0.717, 1.165) is 51.6 Å². The summed E-state index contributed by atoms with van der Waals surface area (Å²) in [5, 5.41) is 6.77. The Morgan fingerprint density at radius 2 is 1.94 bits per heavy atom. The lowest BCUT2D eigenvalue weighted by atomic mass is 9.77. The monoisotopic (exact) mass is 464 g/mol. The van der Waals surface area contributed by atoms with Crippen LogP contribution in [0.25, 0.3) is 0 Å². The third-order valence-electron chi connectivity index (χ3n) is 9.24. The van der Waals surface area contributed by atoms with Crippen molar-refractivity contribution in [2.75, 3.05) is 33.4 Å². The SMILES string of the molecule is CC1CCC(F)C2CC(C(=O)N[C@@H]3CCC[C@@H](N4CCC(N(C)C(=O)C5COC5)C4)C3)NC12. The van der Waals surface area contributed by atoms with Gasteiger partial charge in [-0.2, -0.15) is 0 Å². The van der Waals surface area contributed by atoms with E-state index in [9.17, 15) is 14.0 Å². The molecule has 5 aliphatic rings. The number of halogens is 1. The number of likely N-dealkylation sites (tertiary alicyclic amines) is 1. The first-order chi connectivity index (χ1) is 15.9. The standard InChI is InChI=1S/C25H41FN4O3/c1-15-6-7-21(26)20-11-22(28-23(15)20)24(31)27-17-4-3-5-18(10-17)30-9-8-19(12-30)29(2)25(32)16-13-33-14-16/h15-23,28H,3-14H2,1-2H3,(H,27,31)/t15?,17-,18-,19?,20?,21?,22?,23?/m1/s1. The molecule has 33 heavy (non-hydrogen) atoms. The van der Waals surface area contributed by atoms with Crippen LogP contribution in [0.2, 0.25) is 0 Å². The average molecular weight is 465 g/mol. The Balaban J connectivity index is 1.11. The number of nitrogens with one attached hydrogen (secondary N) is 2. The molecule has 8 atom stereocenters. The Morgan fingerprint density at radius 3 is 2.67 bits per heavy atom. The largest absolute Gasteiger partial charge is 0.380 e. The molecule has 0 spiro atoms. The van der Waals surface area contributed by atoms with Gasteiger partial charge in [-0.1, -0.05) is 6.92 Å². The number of carbonyl (C=O) groups is 2. The van der Waals surface area contributed by atoms with Gasteiger partial charge in [-0.15, -0.1) is 0 Å². The van der Waals surface area contributed by atoms with Gasteiger partial charge in [0, 0.05) is 50.2 Å². The first-order valence-corrected chi connectivity index (χ1v) is 13.2. The van der Waals surface area contributed by atoms with Crippen LogP contribution in [-0.4, -0.2) is 91.3 Å². The van der Waals surface area contributed by atoms with Crippen molar-refractivity contribution in [1.29, 1.82) is 0 Å². The van der Waals surface area contributed by atoms with Gasteiger partial charge in [0.2, 0.25) is 11.8 Å². The molecule has 0 radical (unpaired) electrons. The Labute approximate surface area is 197 Å². The fraction of sp³-hybridized carbons (Fsp3) is 0.920. The molecule has 6 unspecified atom stereocenters. The molecule has 2 aliphatic carbocycles. The predicted molar refractivity (Wildman–Crippen MR) is 123 cm³/mol. The number of alkyl halides is 1. The van der Waals surface area contributed by atoms with Crippen molar-refractivity contribution < 1.29 is 18.7 Å². The van der Waals surface area contributed by atoms with E-state index in [0.29, 0.717) is 38.0 Å². The van der Waals surface area contributed by atoms with Crippen molar-refractivity contribution in [2.24, 2.45) is 17.8 Å². The number of carbonyl (C=O) groups excluding carboxylic acids is 2. The minimum atomic E-state index is -0.777. The molecule has 186 valence electrons. The second kappa shape index (κ2) is 9.78. The molecule has 2 amide bonds. The highest BCUT2D eigenvalue weighted by atomic mass is 19.1. The van der Waals surface area contributed by atoms with Gasteiger partial charge in [0.05, 0.1) is 25.2 Å². The van der Waals surface area contributed by atoms with E-state index in [4.69, 9.17) is 4.74 Å². The Morgan fingerprint density at radius 1 is 1.12 bits per heavy atom. The maximum Gasteiger partial charge on any atom is 0.237 e. The van der Waals surface area contributed by atoms with Crippen molar-refractivity contribution in [1.82, 2.24) is 20.4 Å². The maximum atomic E-state index is 14.4. The van der Waals surface area contributed by atoms with Gasteiger partial charge in [-0.05, 0) is 57.3 Å². The fourth-order valence-corrected chi connectivity index (χ4v) is 6.99. The molecule has 0 aromatic heterocycles. The Hall–Kier alpha value is -1.25. The summed E-state index contributed by atoms with van der Waals surface area (Å²) in [6.07, 6.45) is 6.64. The second-order valence-corrected chi connectivity index (χ2v) is 11.4. The van der Waals surface area contributed by atoms with Gasteiger partial charge in [-0.3, -0.25) is 14.5 Å². The van der Waals surface area contributed by atoms with E-state index in [1.807, 2.05) is 11.9 Å². The van der Waals surface area contributed by atoms with Crippen LogP contribution in [0.15, 0.2) is 0 Å². The number of hydrogen-bond donors (Lipinski definition) is 2. The van der Waals surface area contributed by atoms with Crippen molar-refractivity contribution in [3.63, 3.8) is 0 Å². The molecule has 2 N–H and O–H groups in total. The molecule has 0 bridgehead atoms. The molecule has 7 nitrogen and oxygen atoms in total. The lowest BCUT2D eigenvalue weighted by Crippen LogP contribution is -2.51. The molecular weight excluding hydrogens is 423 g/mol. The van der Waals surface area contributed by atoms with Crippen LogP contribution in [0.3, 0.4) is 0 Å². The topological polar surface area (TPSA) is 73.9 Å². The van der Waals surface area contributed by atoms with E-state index in [2.05, 4.69) is 22.5 Å². The summed E-state index contributed by atoms with van der Waals surface area (Å²) in [6.45, 7) is 5.23. The Kier molecular flexibility index (Phi) is 6.96. The molecule has 0 aromatic carbocycles. The third-order valence-corrected chi connectivity index (χ3v) is 9.24. The van der Waals surface area contributed by atoms with E-state index < -0.39 is 6.17 Å². The van der Waals surface area contributed by atoms with E-state index in [-0.39, 0.29) is 47.8 Å². The minimum absolute atomic E-state index is 0.0173. The number of hydrogen-bond acceptors (Lipinski definition) is 5. The zero-order valence-corrected chi connectivity index (χ0v) is 20.2. The zero-order chi connectivity index (χ0) is 23.1. The molecule has 8 heteroatoms. The first-order valence-electron chi connectivity index (χ1n) is 13.2. The highest BCUT2D eigenvalue weighted by molar-refractivity contribution is 5.82. The van der Waals surface area contributed by atoms with Crippen molar-refractivity contribution >= 4 is 11.8 Å². The first kappa shape index (κ1) is 23.5. The number of fused-ring (bicyclic) bond motifs is 1. The quantitative estimate of drug-likeness (QED) is 0.648. The summed E-state index contributed by atoms with van der Waals surface area (Å²) in [6, 6.07) is 0.792. The van der Waals surface area contributed by atoms with Gasteiger partial charge >= 0.3 is 0 Å². The van der Waals surface area contributed by atoms with Gasteiger partial charge < -0.3 is 20.3 Å². The van der Waals surface area contributed by atoms with E-state index in [1.165, 1.54) is 0 Å². The molecule has 0 aromatic rings. The number of ether oxygens (including phenoxy) is 1. The van der Waals surface area contributed by atoms with Crippen LogP contribution in [0.1, 0.15) is 58.3 Å². The van der Waals surface area contributed by atoms with Crippen molar-refractivity contribution in [3.05, 3.63) is 0 Å². The second-order valence-electron chi connectivity index (χ2n) is 11.4. The summed E-state index contributed by atoms with van der Waals surface area (Å²) in [4.78, 5) is 30.1. The van der Waals surface area contributed by atoms with E-state index in [1.54, 1.807) is 0 Å². The number of rotatable bonds is 5. The van der Waals surface area contributed by atoms with Crippen LogP contribution in [0.5, 0.6) is 0 Å². The number of nitrogens with zero attached hydrogens (tertiary/aromatic N) is 2. The van der Waals surface area contributed by atoms with E-state index >= 15 is 0 Å². The smallest absolute Gasteiger partial charge is 0.237 e. The average Bonchev–Trinajstić information content (AvgIpc) is 3.43. The molecule has 3 saturated heterocycles. The van der Waals surface area contributed by atoms with Gasteiger partial charge in [0.1, 0.15) is 6.17 Å². The Bertz CT molecular complexity index is 716. The van der Waals surface area contributed by atoms with Crippen LogP contribution < -0.4 is 10.6 Å². The van der Waals surface area contributed by atoms with Crippen LogP contribution in [0.4, 0.5) is 4.39 Å². The third kappa shape index (κ3) is 4.80. The fourth-order valence-electron chi connectivity index (χ4n) is 6.99. The molecule has 2 saturated carbocycles. The molecule has 3 aliphatic heterocycles. The number of amides is 2. The summed E-state index contributed by atoms with van der Waals surface area (Å²) < 4.78 is 19.6. The number of likely N-dealkylation sites (N-methyl/N-ethyl adjacent to an activating group) is 1. The normalized spacial score (nSPS) is 41.9. The summed E-state index contributed by atoms with van der Waals surface area (Å²) in [7, 11) is 1.94. The van der Waals surface area contributed by atoms with Crippen molar-refractivity contribution in [3.8, 4) is 0 Å². The van der Waals surface area contributed by atoms with Gasteiger partial charge in [0.15, 0.2) is 0 Å². The highest BCUT2D eigenvalue weighted by Crippen LogP contribution is 2.38. The predicted octanol–water partition coefficient (Wildman–Crippen LogP) is 1.71. The molecule has 3 heterocycles. The lowest BCUT2D eigenvalue weighted by Gasteiger charge is -2.37. The van der Waals surface area contributed by atoms with Gasteiger partial charge in [-0.25, -0.2) is 4.39 Å². The molecule has 5 fully saturated rings. The molecular formula is C25H41FN4O3. The maximum absolute atomic E-state index is 14.4. The van der Waals surface area contributed by atoms with Crippen LogP contribution in [-0.2, 0) is 14.3 Å².